The van der Waals surface area contributed by atoms with E-state index in [2.05, 4.69) is 37.0 Å². The van der Waals surface area contributed by atoms with Crippen LogP contribution >= 0.6 is 11.6 Å². The van der Waals surface area contributed by atoms with E-state index in [1.165, 1.54) is 12.1 Å². The number of hydrogen-bond acceptors (Lipinski definition) is 8. The van der Waals surface area contributed by atoms with Crippen molar-refractivity contribution >= 4 is 51.6 Å². The van der Waals surface area contributed by atoms with Gasteiger partial charge < -0.3 is 29.9 Å². The molecule has 2 aromatic heterocycles. The van der Waals surface area contributed by atoms with Gasteiger partial charge in [-0.3, -0.25) is 0 Å². The van der Waals surface area contributed by atoms with Crippen LogP contribution in [-0.2, 0) is 6.54 Å². The molecule has 9 nitrogen and oxygen atoms in total. The molecule has 2 aliphatic rings. The van der Waals surface area contributed by atoms with Crippen LogP contribution in [0.25, 0.3) is 11.0 Å². The van der Waals surface area contributed by atoms with E-state index in [-0.39, 0.29) is 5.82 Å². The monoisotopic (exact) mass is 507 g/mol. The highest BCUT2D eigenvalue weighted by Gasteiger charge is 2.32. The number of likely N-dealkylation sites (N-methyl/N-ethyl adjacent to an activating group) is 1. The molecule has 2 aromatic carbocycles. The Morgan fingerprint density at radius 1 is 1.03 bits per heavy atom. The molecule has 186 valence electrons. The van der Waals surface area contributed by atoms with Crippen molar-refractivity contribution in [3.8, 4) is 0 Å². The number of aromatic nitrogens is 4. The van der Waals surface area contributed by atoms with Crippen LogP contribution in [0.3, 0.4) is 0 Å². The largest absolute Gasteiger partial charge is 0.361 e. The fourth-order valence-electron chi connectivity index (χ4n) is 4.73. The lowest BCUT2D eigenvalue weighted by molar-refractivity contribution is 0.311. The first-order valence-electron chi connectivity index (χ1n) is 11.9. The third-order valence-corrected chi connectivity index (χ3v) is 6.90. The molecule has 0 aliphatic carbocycles. The van der Waals surface area contributed by atoms with Crippen LogP contribution in [0.2, 0.25) is 5.02 Å². The molecule has 0 amide bonds. The molecular weight excluding hydrogens is 481 g/mol. The minimum atomic E-state index is -0.278. The molecule has 0 radical (unpaired) electrons. The van der Waals surface area contributed by atoms with E-state index in [1.807, 2.05) is 36.2 Å². The molecule has 0 bridgehead atoms. The molecule has 11 heteroatoms. The predicted octanol–water partition coefficient (Wildman–Crippen LogP) is 4.05. The highest BCUT2D eigenvalue weighted by Crippen LogP contribution is 2.43. The second-order valence-corrected chi connectivity index (χ2v) is 9.72. The number of nitrogens with zero attached hydrogens (tertiary/aromatic N) is 7. The Balaban J connectivity index is 1.37. The summed E-state index contributed by atoms with van der Waals surface area (Å²) < 4.78 is 14.1. The normalized spacial score (nSPS) is 16.2. The fraction of sp³-hybridized carbons (Fsp3) is 0.320. The summed E-state index contributed by atoms with van der Waals surface area (Å²) in [6.07, 6.45) is 0. The Kier molecular flexibility index (Phi) is 5.77. The molecule has 2 N–H and O–H groups in total. The average molecular weight is 508 g/mol. The lowest BCUT2D eigenvalue weighted by Crippen LogP contribution is -2.45. The smallest absolute Gasteiger partial charge is 0.229 e. The molecule has 1 saturated heterocycles. The van der Waals surface area contributed by atoms with Gasteiger partial charge in [-0.05, 0) is 43.4 Å². The first-order chi connectivity index (χ1) is 17.4. The number of hydrogen-bond donors (Lipinski definition) is 2. The minimum absolute atomic E-state index is 0.278. The summed E-state index contributed by atoms with van der Waals surface area (Å²) in [5.74, 6) is 2.64. The molecule has 0 unspecified atom stereocenters. The van der Waals surface area contributed by atoms with Gasteiger partial charge in [0.05, 0.1) is 24.2 Å². The first kappa shape index (κ1) is 22.8. The van der Waals surface area contributed by atoms with E-state index < -0.39 is 0 Å². The zero-order chi connectivity index (χ0) is 24.8. The molecule has 4 heterocycles. The van der Waals surface area contributed by atoms with Crippen LogP contribution in [0.1, 0.15) is 5.82 Å². The van der Waals surface area contributed by atoms with Crippen molar-refractivity contribution < 1.29 is 4.39 Å². The van der Waals surface area contributed by atoms with Gasteiger partial charge in [-0.1, -0.05) is 17.7 Å². The van der Waals surface area contributed by atoms with Crippen LogP contribution in [-0.4, -0.2) is 71.8 Å². The number of benzene rings is 2. The van der Waals surface area contributed by atoms with Crippen molar-refractivity contribution in [2.75, 3.05) is 67.0 Å². The van der Waals surface area contributed by atoms with Crippen LogP contribution in [0.5, 0.6) is 0 Å². The van der Waals surface area contributed by atoms with Gasteiger partial charge in [0.2, 0.25) is 5.95 Å². The van der Waals surface area contributed by atoms with Gasteiger partial charge in [-0.15, -0.1) is 0 Å². The molecule has 6 rings (SSSR count). The molecular formula is C25H27ClFN9. The Hall–Kier alpha value is -3.63. The van der Waals surface area contributed by atoms with Gasteiger partial charge in [0.1, 0.15) is 17.3 Å². The highest BCUT2D eigenvalue weighted by atomic mass is 35.5. The standard InChI is InChI=1S/C25H27ClFN9/c1-33-8-10-35(11-9-33)25-31-23(28-14-21-29-19-7-6-16(26)12-20(19)30-21)22-24(32-25)36(15-34(22)2)18-5-3-4-17(27)13-18/h3-7,12-13H,8-11,14-15H2,1-2H3,(H,29,30)(H,28,31,32). The SMILES string of the molecule is CN1CCN(c2nc(NCc3nc4ccc(Cl)cc4[nH]3)c3c(n2)N(c2cccc(F)c2)CN3C)CC1. The lowest BCUT2D eigenvalue weighted by atomic mass is 10.3. The summed E-state index contributed by atoms with van der Waals surface area (Å²) >= 11 is 6.13. The molecule has 4 aromatic rings. The summed E-state index contributed by atoms with van der Waals surface area (Å²) in [4.78, 5) is 26.5. The van der Waals surface area contributed by atoms with E-state index in [1.54, 1.807) is 6.07 Å². The molecule has 2 aliphatic heterocycles. The molecule has 0 atom stereocenters. The van der Waals surface area contributed by atoms with Gasteiger partial charge in [-0.25, -0.2) is 9.37 Å². The number of H-pyrrole nitrogens is 1. The summed E-state index contributed by atoms with van der Waals surface area (Å²) in [5, 5.41) is 4.14. The highest BCUT2D eigenvalue weighted by molar-refractivity contribution is 6.31. The van der Waals surface area contributed by atoms with Crippen LogP contribution in [0, 0.1) is 5.82 Å². The summed E-state index contributed by atoms with van der Waals surface area (Å²) in [7, 11) is 4.11. The van der Waals surface area contributed by atoms with Crippen LogP contribution < -0.4 is 20.0 Å². The van der Waals surface area contributed by atoms with Gasteiger partial charge in [0, 0.05) is 43.9 Å². The van der Waals surface area contributed by atoms with Crippen LogP contribution in [0.15, 0.2) is 42.5 Å². The number of halogens is 2. The number of nitrogens with one attached hydrogen (secondary N) is 2. The number of piperazine rings is 1. The maximum Gasteiger partial charge on any atom is 0.229 e. The number of aromatic amines is 1. The third-order valence-electron chi connectivity index (χ3n) is 6.67. The van der Waals surface area contributed by atoms with E-state index in [0.717, 1.165) is 60.2 Å². The Morgan fingerprint density at radius 3 is 2.67 bits per heavy atom. The topological polar surface area (TPSA) is 79.4 Å². The number of rotatable bonds is 5. The molecule has 1 fully saturated rings. The second kappa shape index (κ2) is 9.11. The summed E-state index contributed by atoms with van der Waals surface area (Å²) in [6.45, 7) is 4.56. The summed E-state index contributed by atoms with van der Waals surface area (Å²) in [5.41, 5.74) is 3.37. The number of imidazole rings is 1. The van der Waals surface area contributed by atoms with Crippen molar-refractivity contribution in [2.24, 2.45) is 0 Å². The van der Waals surface area contributed by atoms with Gasteiger partial charge >= 0.3 is 0 Å². The maximum atomic E-state index is 14.1. The number of anilines is 5. The molecule has 0 spiro atoms. The Labute approximate surface area is 213 Å². The Bertz CT molecular complexity index is 1420. The predicted molar refractivity (Wildman–Crippen MR) is 142 cm³/mol. The van der Waals surface area contributed by atoms with E-state index in [9.17, 15) is 4.39 Å². The van der Waals surface area contributed by atoms with Gasteiger partial charge in [0.15, 0.2) is 11.6 Å². The molecule has 0 saturated carbocycles. The van der Waals surface area contributed by atoms with Gasteiger partial charge in [-0.2, -0.15) is 9.97 Å². The van der Waals surface area contributed by atoms with E-state index in [4.69, 9.17) is 21.6 Å². The lowest BCUT2D eigenvalue weighted by Gasteiger charge is -2.33. The first-order valence-corrected chi connectivity index (χ1v) is 12.3. The van der Waals surface area contributed by atoms with Crippen molar-refractivity contribution in [3.05, 3.63) is 59.1 Å². The second-order valence-electron chi connectivity index (χ2n) is 9.28. The quantitative estimate of drug-likeness (QED) is 0.419. The zero-order valence-electron chi connectivity index (χ0n) is 20.2. The van der Waals surface area contributed by atoms with E-state index in [0.29, 0.717) is 30.0 Å². The van der Waals surface area contributed by atoms with Crippen molar-refractivity contribution in [3.63, 3.8) is 0 Å². The fourth-order valence-corrected chi connectivity index (χ4v) is 4.90. The van der Waals surface area contributed by atoms with E-state index >= 15 is 0 Å². The average Bonchev–Trinajstić information content (AvgIpc) is 3.43. The third kappa shape index (κ3) is 4.27. The minimum Gasteiger partial charge on any atom is -0.361 e. The zero-order valence-corrected chi connectivity index (χ0v) is 20.9. The summed E-state index contributed by atoms with van der Waals surface area (Å²) in [6, 6.07) is 12.2. The molecule has 36 heavy (non-hydrogen) atoms. The van der Waals surface area contributed by atoms with Gasteiger partial charge in [0.25, 0.3) is 0 Å². The van der Waals surface area contributed by atoms with Crippen LogP contribution in [0.4, 0.5) is 33.3 Å². The van der Waals surface area contributed by atoms with Crippen molar-refractivity contribution in [1.82, 2.24) is 24.8 Å². The van der Waals surface area contributed by atoms with Crippen molar-refractivity contribution in [1.29, 1.82) is 0 Å². The van der Waals surface area contributed by atoms with Crippen molar-refractivity contribution in [2.45, 2.75) is 6.54 Å². The Morgan fingerprint density at radius 2 is 1.86 bits per heavy atom. The number of fused-ring (bicyclic) bond motifs is 2. The maximum absolute atomic E-state index is 14.1.